The Labute approximate surface area is 149 Å². The number of fused-ring (bicyclic) bond motifs is 1. The Balaban J connectivity index is 1.67. The fourth-order valence-corrected chi connectivity index (χ4v) is 3.81. The number of rotatable bonds is 4. The van der Waals surface area contributed by atoms with Gasteiger partial charge in [-0.05, 0) is 58.0 Å². The average Bonchev–Trinajstić information content (AvgIpc) is 3.10. The molecule has 6 heteroatoms. The summed E-state index contributed by atoms with van der Waals surface area (Å²) in [6, 6.07) is 21.6. The summed E-state index contributed by atoms with van der Waals surface area (Å²) in [6.07, 6.45) is 0. The summed E-state index contributed by atoms with van der Waals surface area (Å²) in [5, 5.41) is 24.9. The van der Waals surface area contributed by atoms with E-state index in [4.69, 9.17) is 0 Å². The first-order valence-corrected chi connectivity index (χ1v) is 8.82. The molecule has 0 aliphatic heterocycles. The van der Waals surface area contributed by atoms with Gasteiger partial charge in [0.05, 0.1) is 5.69 Å². The molecule has 0 bridgehead atoms. The van der Waals surface area contributed by atoms with Crippen LogP contribution in [-0.2, 0) is 0 Å². The molecule has 124 valence electrons. The molecule has 5 nitrogen and oxygen atoms in total. The SMILES string of the molecule is CC(Sc1nnnn1-c1ccc(O)cc1)c1cccc2ccccc12. The Hall–Kier alpha value is -2.86. The topological polar surface area (TPSA) is 63.8 Å². The van der Waals surface area contributed by atoms with Crippen LogP contribution >= 0.6 is 11.8 Å². The van der Waals surface area contributed by atoms with Crippen LogP contribution in [0.2, 0.25) is 0 Å². The standard InChI is InChI=1S/C19H16N4OS/c1-13(17-8-4-6-14-5-2-3-7-18(14)17)25-19-20-21-22-23(19)15-9-11-16(24)12-10-15/h2-13,24H,1H3. The van der Waals surface area contributed by atoms with E-state index in [0.717, 1.165) is 5.69 Å². The van der Waals surface area contributed by atoms with Crippen molar-refractivity contribution in [3.63, 3.8) is 0 Å². The number of phenolic OH excluding ortho intramolecular Hbond substituents is 1. The largest absolute Gasteiger partial charge is 0.508 e. The van der Waals surface area contributed by atoms with Gasteiger partial charge in [-0.25, -0.2) is 0 Å². The molecule has 0 amide bonds. The molecule has 1 unspecified atom stereocenters. The van der Waals surface area contributed by atoms with Gasteiger partial charge in [-0.1, -0.05) is 54.2 Å². The Morgan fingerprint density at radius 1 is 0.960 bits per heavy atom. The van der Waals surface area contributed by atoms with Crippen molar-refractivity contribution in [1.82, 2.24) is 20.2 Å². The molecule has 0 spiro atoms. The van der Waals surface area contributed by atoms with Gasteiger partial charge in [0, 0.05) is 5.25 Å². The van der Waals surface area contributed by atoms with Gasteiger partial charge >= 0.3 is 0 Å². The zero-order chi connectivity index (χ0) is 17.2. The first kappa shape index (κ1) is 15.7. The van der Waals surface area contributed by atoms with Crippen molar-refractivity contribution in [1.29, 1.82) is 0 Å². The van der Waals surface area contributed by atoms with Gasteiger partial charge < -0.3 is 5.11 Å². The third-order valence-electron chi connectivity index (χ3n) is 4.08. The summed E-state index contributed by atoms with van der Waals surface area (Å²) in [4.78, 5) is 0. The van der Waals surface area contributed by atoms with Gasteiger partial charge in [-0.15, -0.1) is 5.10 Å². The smallest absolute Gasteiger partial charge is 0.214 e. The number of thioether (sulfide) groups is 1. The predicted octanol–water partition coefficient (Wildman–Crippen LogP) is 4.37. The summed E-state index contributed by atoms with van der Waals surface area (Å²) in [7, 11) is 0. The minimum Gasteiger partial charge on any atom is -0.508 e. The molecule has 4 rings (SSSR count). The van der Waals surface area contributed by atoms with Crippen molar-refractivity contribution in [3.05, 3.63) is 72.3 Å². The summed E-state index contributed by atoms with van der Waals surface area (Å²) < 4.78 is 1.69. The van der Waals surface area contributed by atoms with Crippen LogP contribution < -0.4 is 0 Å². The maximum atomic E-state index is 9.45. The van der Waals surface area contributed by atoms with E-state index in [1.165, 1.54) is 16.3 Å². The van der Waals surface area contributed by atoms with E-state index in [-0.39, 0.29) is 11.0 Å². The second kappa shape index (κ2) is 6.57. The molecule has 25 heavy (non-hydrogen) atoms. The lowest BCUT2D eigenvalue weighted by molar-refractivity contribution is 0.475. The molecule has 1 heterocycles. The first-order chi connectivity index (χ1) is 12.2. The van der Waals surface area contributed by atoms with Crippen molar-refractivity contribution in [2.45, 2.75) is 17.3 Å². The average molecular weight is 348 g/mol. The van der Waals surface area contributed by atoms with Crippen molar-refractivity contribution >= 4 is 22.5 Å². The van der Waals surface area contributed by atoms with E-state index in [9.17, 15) is 5.11 Å². The van der Waals surface area contributed by atoms with Crippen molar-refractivity contribution in [3.8, 4) is 11.4 Å². The number of benzene rings is 3. The van der Waals surface area contributed by atoms with Crippen LogP contribution in [0, 0.1) is 0 Å². The van der Waals surface area contributed by atoms with E-state index >= 15 is 0 Å². The lowest BCUT2D eigenvalue weighted by Crippen LogP contribution is -2.00. The highest BCUT2D eigenvalue weighted by Crippen LogP contribution is 2.37. The second-order valence-electron chi connectivity index (χ2n) is 5.72. The zero-order valence-corrected chi connectivity index (χ0v) is 14.4. The molecule has 0 aliphatic carbocycles. The van der Waals surface area contributed by atoms with Crippen LogP contribution in [0.25, 0.3) is 16.5 Å². The first-order valence-electron chi connectivity index (χ1n) is 7.94. The monoisotopic (exact) mass is 348 g/mol. The van der Waals surface area contributed by atoms with E-state index < -0.39 is 0 Å². The van der Waals surface area contributed by atoms with Gasteiger partial charge in [-0.3, -0.25) is 0 Å². The van der Waals surface area contributed by atoms with Gasteiger partial charge in [-0.2, -0.15) is 4.68 Å². The van der Waals surface area contributed by atoms with E-state index in [1.54, 1.807) is 40.7 Å². The van der Waals surface area contributed by atoms with Crippen molar-refractivity contribution in [2.75, 3.05) is 0 Å². The number of nitrogens with zero attached hydrogens (tertiary/aromatic N) is 4. The van der Waals surface area contributed by atoms with Gasteiger partial charge in [0.1, 0.15) is 5.75 Å². The molecule has 1 N–H and O–H groups in total. The lowest BCUT2D eigenvalue weighted by atomic mass is 10.0. The summed E-state index contributed by atoms with van der Waals surface area (Å²) in [5.74, 6) is 0.218. The molecule has 0 radical (unpaired) electrons. The van der Waals surface area contributed by atoms with Crippen molar-refractivity contribution < 1.29 is 5.11 Å². The fourth-order valence-electron chi connectivity index (χ4n) is 2.83. The Morgan fingerprint density at radius 2 is 1.72 bits per heavy atom. The Kier molecular flexibility index (Phi) is 4.11. The molecule has 3 aromatic carbocycles. The van der Waals surface area contributed by atoms with Gasteiger partial charge in [0.25, 0.3) is 0 Å². The molecular formula is C19H16N4OS. The number of hydrogen-bond donors (Lipinski definition) is 1. The zero-order valence-electron chi connectivity index (χ0n) is 13.6. The van der Waals surface area contributed by atoms with Gasteiger partial charge in [0.2, 0.25) is 5.16 Å². The van der Waals surface area contributed by atoms with E-state index in [0.29, 0.717) is 5.16 Å². The maximum Gasteiger partial charge on any atom is 0.214 e. The normalized spacial score (nSPS) is 12.4. The molecule has 0 saturated carbocycles. The van der Waals surface area contributed by atoms with Crippen LogP contribution in [0.1, 0.15) is 17.7 Å². The molecule has 4 aromatic rings. The van der Waals surface area contributed by atoms with E-state index in [2.05, 4.69) is 64.9 Å². The summed E-state index contributed by atoms with van der Waals surface area (Å²) in [6.45, 7) is 2.16. The molecule has 0 fully saturated rings. The summed E-state index contributed by atoms with van der Waals surface area (Å²) in [5.41, 5.74) is 2.07. The number of tetrazole rings is 1. The van der Waals surface area contributed by atoms with Crippen LogP contribution in [0.5, 0.6) is 5.75 Å². The molecule has 1 aromatic heterocycles. The summed E-state index contributed by atoms with van der Waals surface area (Å²) >= 11 is 1.61. The second-order valence-corrected chi connectivity index (χ2v) is 7.03. The third kappa shape index (κ3) is 3.08. The maximum absolute atomic E-state index is 9.45. The van der Waals surface area contributed by atoms with Crippen LogP contribution in [0.3, 0.4) is 0 Å². The number of aromatic hydroxyl groups is 1. The van der Waals surface area contributed by atoms with Crippen LogP contribution in [0.15, 0.2) is 71.9 Å². The Morgan fingerprint density at radius 3 is 2.56 bits per heavy atom. The minimum absolute atomic E-state index is 0.188. The lowest BCUT2D eigenvalue weighted by Gasteiger charge is -2.14. The molecular weight excluding hydrogens is 332 g/mol. The number of aromatic nitrogens is 4. The van der Waals surface area contributed by atoms with Crippen LogP contribution in [0.4, 0.5) is 0 Å². The molecule has 0 saturated heterocycles. The number of hydrogen-bond acceptors (Lipinski definition) is 5. The van der Waals surface area contributed by atoms with Gasteiger partial charge in [0.15, 0.2) is 0 Å². The highest BCUT2D eigenvalue weighted by molar-refractivity contribution is 7.99. The minimum atomic E-state index is 0.188. The van der Waals surface area contributed by atoms with E-state index in [1.807, 2.05) is 0 Å². The molecule has 0 aliphatic rings. The predicted molar refractivity (Wildman–Crippen MR) is 99.0 cm³/mol. The molecule has 1 atom stereocenters. The Bertz CT molecular complexity index is 1010. The number of phenols is 1. The fraction of sp³-hybridized carbons (Fsp3) is 0.105. The van der Waals surface area contributed by atoms with Crippen molar-refractivity contribution in [2.24, 2.45) is 0 Å². The third-order valence-corrected chi connectivity index (χ3v) is 5.15. The highest BCUT2D eigenvalue weighted by atomic mass is 32.2. The van der Waals surface area contributed by atoms with Crippen LogP contribution in [-0.4, -0.2) is 25.3 Å². The quantitative estimate of drug-likeness (QED) is 0.555. The highest BCUT2D eigenvalue weighted by Gasteiger charge is 2.16.